The second kappa shape index (κ2) is 20.8. The van der Waals surface area contributed by atoms with Gasteiger partial charge in [-0.15, -0.1) is 0 Å². The summed E-state index contributed by atoms with van der Waals surface area (Å²) < 4.78 is 0. The van der Waals surface area contributed by atoms with E-state index in [0.29, 0.717) is 0 Å². The third kappa shape index (κ3) is 15.4. The molecule has 0 N–H and O–H groups in total. The molecule has 32 heavy (non-hydrogen) atoms. The monoisotopic (exact) mass is 432 g/mol. The van der Waals surface area contributed by atoms with Crippen LogP contribution in [0.1, 0.15) is 65.2 Å². The van der Waals surface area contributed by atoms with E-state index in [1.165, 1.54) is 0 Å². The van der Waals surface area contributed by atoms with Crippen molar-refractivity contribution in [3.8, 4) is 24.3 Å². The smallest absolute Gasteiger partial charge is 0.129 e. The molecule has 6 heteroatoms. The van der Waals surface area contributed by atoms with Gasteiger partial charge >= 0.3 is 0 Å². The summed E-state index contributed by atoms with van der Waals surface area (Å²) in [5.74, 6) is 0. The first-order chi connectivity index (χ1) is 15.6. The van der Waals surface area contributed by atoms with Crippen LogP contribution in [0.2, 0.25) is 0 Å². The second-order valence-electron chi connectivity index (χ2n) is 7.48. The zero-order valence-corrected chi connectivity index (χ0v) is 19.6. The lowest BCUT2D eigenvalue weighted by molar-refractivity contribution is 0.339. The highest BCUT2D eigenvalue weighted by molar-refractivity contribution is 5.38. The lowest BCUT2D eigenvalue weighted by Crippen LogP contribution is -2.21. The molecule has 0 aliphatic carbocycles. The molecule has 0 rings (SSSR count). The molecule has 0 saturated heterocycles. The number of nitrogens with zero attached hydrogens (tertiary/aromatic N) is 6. The summed E-state index contributed by atoms with van der Waals surface area (Å²) in [4.78, 5) is 4.52. The molecule has 0 radical (unpaired) electrons. The van der Waals surface area contributed by atoms with E-state index in [1.54, 1.807) is 24.3 Å². The maximum atomic E-state index is 8.81. The Balaban J connectivity index is 4.48. The zero-order chi connectivity index (χ0) is 23.9. The van der Waals surface area contributed by atoms with Gasteiger partial charge in [-0.2, -0.15) is 21.0 Å². The Hall–Kier alpha value is -3.48. The molecule has 0 aliphatic rings. The van der Waals surface area contributed by atoms with Crippen molar-refractivity contribution >= 4 is 0 Å². The SMILES string of the molecule is CCCCN(C=CC=C(C#N)C#N)CCCCCCN(C=CC=C(C#N)C#N)CCCC. The molecule has 0 aliphatic heterocycles. The molecule has 0 saturated carbocycles. The molecule has 0 spiro atoms. The van der Waals surface area contributed by atoms with Crippen LogP contribution in [0.25, 0.3) is 0 Å². The van der Waals surface area contributed by atoms with E-state index >= 15 is 0 Å². The average molecular weight is 433 g/mol. The number of rotatable bonds is 17. The summed E-state index contributed by atoms with van der Waals surface area (Å²) in [6.45, 7) is 8.22. The van der Waals surface area contributed by atoms with Gasteiger partial charge in [0.1, 0.15) is 35.4 Å². The predicted molar refractivity (Wildman–Crippen MR) is 128 cm³/mol. The van der Waals surface area contributed by atoms with Crippen LogP contribution in [0.5, 0.6) is 0 Å². The van der Waals surface area contributed by atoms with E-state index in [4.69, 9.17) is 21.0 Å². The Labute approximate surface area is 194 Å². The van der Waals surface area contributed by atoms with Gasteiger partial charge in [-0.05, 0) is 62.4 Å². The maximum Gasteiger partial charge on any atom is 0.129 e. The molecule has 6 nitrogen and oxygen atoms in total. The van der Waals surface area contributed by atoms with Gasteiger partial charge in [0, 0.05) is 26.2 Å². The van der Waals surface area contributed by atoms with Crippen LogP contribution in [0.15, 0.2) is 47.9 Å². The highest BCUT2D eigenvalue weighted by atomic mass is 15.1. The first-order valence-corrected chi connectivity index (χ1v) is 11.5. The number of nitriles is 4. The summed E-state index contributed by atoms with van der Waals surface area (Å²) in [6.07, 6.45) is 19.6. The zero-order valence-electron chi connectivity index (χ0n) is 19.6. The Morgan fingerprint density at radius 1 is 0.562 bits per heavy atom. The van der Waals surface area contributed by atoms with Crippen molar-refractivity contribution in [2.24, 2.45) is 0 Å². The van der Waals surface area contributed by atoms with Crippen molar-refractivity contribution in [2.75, 3.05) is 26.2 Å². The van der Waals surface area contributed by atoms with Gasteiger partial charge in [-0.25, -0.2) is 0 Å². The summed E-state index contributed by atoms with van der Waals surface area (Å²) in [6, 6.07) is 7.48. The summed E-state index contributed by atoms with van der Waals surface area (Å²) >= 11 is 0. The molecule has 0 aromatic carbocycles. The quantitative estimate of drug-likeness (QED) is 0.165. The highest BCUT2D eigenvalue weighted by Crippen LogP contribution is 2.07. The van der Waals surface area contributed by atoms with Gasteiger partial charge in [0.15, 0.2) is 0 Å². The van der Waals surface area contributed by atoms with Crippen LogP contribution >= 0.6 is 0 Å². The van der Waals surface area contributed by atoms with E-state index < -0.39 is 0 Å². The number of hydrogen-bond acceptors (Lipinski definition) is 6. The van der Waals surface area contributed by atoms with Crippen LogP contribution in [-0.4, -0.2) is 36.0 Å². The van der Waals surface area contributed by atoms with Crippen molar-refractivity contribution in [1.82, 2.24) is 9.80 Å². The minimum Gasteiger partial charge on any atom is -0.377 e. The molecule has 0 heterocycles. The van der Waals surface area contributed by atoms with Crippen LogP contribution in [0.3, 0.4) is 0 Å². The standard InChI is InChI=1S/C26H36N6/c1-3-5-15-31(19-11-13-25(21-27)22-28)17-9-7-8-10-18-32(16-6-4-2)20-12-14-26(23-29)24-30/h11-14,19-20H,3-10,15-18H2,1-2H3. The third-order valence-electron chi connectivity index (χ3n) is 4.84. The van der Waals surface area contributed by atoms with E-state index in [0.717, 1.165) is 77.5 Å². The number of unbranched alkanes of at least 4 members (excludes halogenated alkanes) is 5. The summed E-state index contributed by atoms with van der Waals surface area (Å²) in [5, 5.41) is 35.3. The minimum absolute atomic E-state index is 0.116. The van der Waals surface area contributed by atoms with Crippen molar-refractivity contribution in [3.63, 3.8) is 0 Å². The van der Waals surface area contributed by atoms with Gasteiger partial charge in [0.2, 0.25) is 0 Å². The van der Waals surface area contributed by atoms with Crippen LogP contribution in [-0.2, 0) is 0 Å². The predicted octanol–water partition coefficient (Wildman–Crippen LogP) is 5.73. The molecular weight excluding hydrogens is 396 g/mol. The Morgan fingerprint density at radius 3 is 1.22 bits per heavy atom. The fraction of sp³-hybridized carbons (Fsp3) is 0.538. The van der Waals surface area contributed by atoms with Gasteiger partial charge in [-0.1, -0.05) is 39.5 Å². The molecule has 0 unspecified atom stereocenters. The van der Waals surface area contributed by atoms with E-state index in [9.17, 15) is 0 Å². The van der Waals surface area contributed by atoms with E-state index in [1.807, 2.05) is 36.7 Å². The van der Waals surface area contributed by atoms with Crippen molar-refractivity contribution < 1.29 is 0 Å². The second-order valence-corrected chi connectivity index (χ2v) is 7.48. The Morgan fingerprint density at radius 2 is 0.906 bits per heavy atom. The average Bonchev–Trinajstić information content (AvgIpc) is 2.82. The normalized spacial score (nSPS) is 10.1. The molecule has 170 valence electrons. The minimum atomic E-state index is 0.116. The van der Waals surface area contributed by atoms with Crippen LogP contribution < -0.4 is 0 Å². The number of allylic oxidation sites excluding steroid dienone is 6. The van der Waals surface area contributed by atoms with Crippen LogP contribution in [0, 0.1) is 45.3 Å². The molecule has 0 aromatic rings. The lowest BCUT2D eigenvalue weighted by Gasteiger charge is -2.21. The molecule has 0 bridgehead atoms. The summed E-state index contributed by atoms with van der Waals surface area (Å²) in [7, 11) is 0. The lowest BCUT2D eigenvalue weighted by atomic mass is 10.1. The van der Waals surface area contributed by atoms with E-state index in [2.05, 4.69) is 23.6 Å². The largest absolute Gasteiger partial charge is 0.377 e. The molecule has 0 fully saturated rings. The van der Waals surface area contributed by atoms with Crippen molar-refractivity contribution in [1.29, 1.82) is 21.0 Å². The van der Waals surface area contributed by atoms with Gasteiger partial charge < -0.3 is 9.80 Å². The van der Waals surface area contributed by atoms with E-state index in [-0.39, 0.29) is 11.1 Å². The van der Waals surface area contributed by atoms with Crippen molar-refractivity contribution in [3.05, 3.63) is 47.9 Å². The third-order valence-corrected chi connectivity index (χ3v) is 4.84. The Bertz CT molecular complexity index is 692. The topological polar surface area (TPSA) is 102 Å². The van der Waals surface area contributed by atoms with Gasteiger partial charge in [-0.3, -0.25) is 0 Å². The van der Waals surface area contributed by atoms with Crippen LogP contribution in [0.4, 0.5) is 0 Å². The van der Waals surface area contributed by atoms with Gasteiger partial charge in [0.25, 0.3) is 0 Å². The molecular formula is C26H36N6. The number of hydrogen-bond donors (Lipinski definition) is 0. The highest BCUT2D eigenvalue weighted by Gasteiger charge is 2.01. The fourth-order valence-corrected chi connectivity index (χ4v) is 2.95. The van der Waals surface area contributed by atoms with Gasteiger partial charge in [0.05, 0.1) is 0 Å². The molecule has 0 aromatic heterocycles. The first-order valence-electron chi connectivity index (χ1n) is 11.5. The first kappa shape index (κ1) is 28.5. The van der Waals surface area contributed by atoms with Crippen molar-refractivity contribution in [2.45, 2.75) is 65.2 Å². The maximum absolute atomic E-state index is 8.81. The summed E-state index contributed by atoms with van der Waals surface area (Å²) in [5.41, 5.74) is 0.232. The fourth-order valence-electron chi connectivity index (χ4n) is 2.95. The molecule has 0 atom stereocenters. The Kier molecular flexibility index (Phi) is 18.5. The molecule has 0 amide bonds.